The second kappa shape index (κ2) is 6.29. The van der Waals surface area contributed by atoms with Crippen molar-refractivity contribution in [1.82, 2.24) is 15.1 Å². The molecule has 1 aromatic carbocycles. The molecule has 0 unspecified atom stereocenters. The number of carbonyl (C=O) groups excluding carboxylic acids is 1. The lowest BCUT2D eigenvalue weighted by Gasteiger charge is -2.08. The number of halogens is 3. The predicted octanol–water partition coefficient (Wildman–Crippen LogP) is 2.66. The number of hydrogen-bond acceptors (Lipinski definition) is 3. The van der Waals surface area contributed by atoms with Crippen molar-refractivity contribution in [3.05, 3.63) is 48.3 Å². The zero-order valence-electron chi connectivity index (χ0n) is 10.8. The van der Waals surface area contributed by atoms with Gasteiger partial charge in [0.1, 0.15) is 0 Å². The van der Waals surface area contributed by atoms with Crippen LogP contribution in [0.4, 0.5) is 18.0 Å². The number of alkyl carbamates (subject to hydrolysis) is 1. The number of hydrogen-bond donors (Lipinski definition) is 1. The molecule has 0 radical (unpaired) electrons. The predicted molar refractivity (Wildman–Crippen MR) is 67.8 cm³/mol. The Labute approximate surface area is 118 Å². The Hall–Kier alpha value is -2.51. The number of alkyl halides is 3. The second-order valence-electron chi connectivity index (χ2n) is 4.17. The van der Waals surface area contributed by atoms with Gasteiger partial charge in [-0.15, -0.1) is 0 Å². The molecule has 0 atom stereocenters. The summed E-state index contributed by atoms with van der Waals surface area (Å²) in [5, 5.41) is 6.32. The van der Waals surface area contributed by atoms with Crippen LogP contribution in [0, 0.1) is 0 Å². The number of nitrogens with one attached hydrogen (secondary N) is 1. The summed E-state index contributed by atoms with van der Waals surface area (Å²) in [4.78, 5) is 11.1. The summed E-state index contributed by atoms with van der Waals surface area (Å²) < 4.78 is 41.2. The van der Waals surface area contributed by atoms with Crippen LogP contribution in [0.15, 0.2) is 42.7 Å². The zero-order valence-corrected chi connectivity index (χ0v) is 10.8. The summed E-state index contributed by atoms with van der Waals surface area (Å²) in [5.74, 6) is 0. The Balaban J connectivity index is 1.85. The summed E-state index contributed by atoms with van der Waals surface area (Å²) in [7, 11) is 0. The third kappa shape index (κ3) is 4.83. The molecule has 1 amide bonds. The van der Waals surface area contributed by atoms with E-state index in [0.717, 1.165) is 5.69 Å². The number of ether oxygens (including phenoxy) is 1. The number of rotatable bonds is 4. The topological polar surface area (TPSA) is 56.2 Å². The molecule has 0 aliphatic rings. The fourth-order valence-electron chi connectivity index (χ4n) is 1.55. The van der Waals surface area contributed by atoms with Gasteiger partial charge in [-0.25, -0.2) is 9.48 Å². The van der Waals surface area contributed by atoms with Crippen LogP contribution in [0.3, 0.4) is 0 Å². The summed E-state index contributed by atoms with van der Waals surface area (Å²) in [6.45, 7) is -1.58. The van der Waals surface area contributed by atoms with E-state index in [1.165, 1.54) is 6.20 Å². The average molecular weight is 299 g/mol. The van der Waals surface area contributed by atoms with Crippen molar-refractivity contribution >= 4 is 6.09 Å². The Morgan fingerprint density at radius 2 is 2.00 bits per heavy atom. The summed E-state index contributed by atoms with van der Waals surface area (Å²) in [5.41, 5.74) is 1.48. The number of aromatic nitrogens is 2. The quantitative estimate of drug-likeness (QED) is 0.944. The maximum Gasteiger partial charge on any atom is 0.422 e. The Morgan fingerprint density at radius 3 is 2.67 bits per heavy atom. The van der Waals surface area contributed by atoms with Crippen molar-refractivity contribution in [1.29, 1.82) is 0 Å². The average Bonchev–Trinajstić information content (AvgIpc) is 2.92. The molecule has 1 heterocycles. The van der Waals surface area contributed by atoms with Crippen molar-refractivity contribution < 1.29 is 22.7 Å². The molecule has 0 saturated carbocycles. The van der Waals surface area contributed by atoms with E-state index in [2.05, 4.69) is 15.2 Å². The van der Waals surface area contributed by atoms with Crippen LogP contribution in [0.1, 0.15) is 5.56 Å². The van der Waals surface area contributed by atoms with Gasteiger partial charge in [0.2, 0.25) is 0 Å². The Kier molecular flexibility index (Phi) is 4.46. The van der Waals surface area contributed by atoms with Gasteiger partial charge in [0.25, 0.3) is 0 Å². The van der Waals surface area contributed by atoms with Crippen LogP contribution >= 0.6 is 0 Å². The van der Waals surface area contributed by atoms with Crippen LogP contribution in [0.2, 0.25) is 0 Å². The first kappa shape index (κ1) is 14.9. The molecule has 1 aromatic heterocycles. The maximum atomic E-state index is 11.9. The first-order valence-electron chi connectivity index (χ1n) is 6.00. The second-order valence-corrected chi connectivity index (χ2v) is 4.17. The number of benzene rings is 1. The van der Waals surface area contributed by atoms with E-state index >= 15 is 0 Å². The monoisotopic (exact) mass is 299 g/mol. The minimum atomic E-state index is -4.53. The number of nitrogens with zero attached hydrogens (tertiary/aromatic N) is 2. The maximum absolute atomic E-state index is 11.9. The number of amides is 1. The van der Waals surface area contributed by atoms with Gasteiger partial charge in [-0.3, -0.25) is 0 Å². The molecule has 0 aliphatic carbocycles. The highest BCUT2D eigenvalue weighted by atomic mass is 19.4. The molecule has 21 heavy (non-hydrogen) atoms. The normalized spacial score (nSPS) is 11.2. The standard InChI is InChI=1S/C13H12F3N3O2/c14-13(15,16)9-21-12(20)17-6-10-7-18-19(8-10)11-4-2-1-3-5-11/h1-5,7-8H,6,9H2,(H,17,20). The van der Waals surface area contributed by atoms with Gasteiger partial charge in [0.15, 0.2) is 6.61 Å². The van der Waals surface area contributed by atoms with E-state index in [1.807, 2.05) is 30.3 Å². The van der Waals surface area contributed by atoms with E-state index in [9.17, 15) is 18.0 Å². The van der Waals surface area contributed by atoms with Crippen molar-refractivity contribution in [3.8, 4) is 5.69 Å². The molecule has 0 aliphatic heterocycles. The molecule has 0 fully saturated rings. The van der Waals surface area contributed by atoms with Gasteiger partial charge in [-0.2, -0.15) is 18.3 Å². The minimum absolute atomic E-state index is 0.0313. The fraction of sp³-hybridized carbons (Fsp3) is 0.231. The first-order valence-corrected chi connectivity index (χ1v) is 6.00. The summed E-state index contributed by atoms with van der Waals surface area (Å²) in [6.07, 6.45) is -2.48. The highest BCUT2D eigenvalue weighted by Gasteiger charge is 2.29. The lowest BCUT2D eigenvalue weighted by molar-refractivity contribution is -0.160. The molecule has 0 spiro atoms. The van der Waals surface area contributed by atoms with Crippen LogP contribution in [-0.2, 0) is 11.3 Å². The molecule has 0 saturated heterocycles. The molecule has 2 rings (SSSR count). The van der Waals surface area contributed by atoms with Crippen LogP contribution in [0.25, 0.3) is 5.69 Å². The molecule has 1 N–H and O–H groups in total. The molecular formula is C13H12F3N3O2. The van der Waals surface area contributed by atoms with Crippen LogP contribution < -0.4 is 5.32 Å². The SMILES string of the molecule is O=C(NCc1cnn(-c2ccccc2)c1)OCC(F)(F)F. The number of para-hydroxylation sites is 1. The van der Waals surface area contributed by atoms with E-state index in [0.29, 0.717) is 5.56 Å². The van der Waals surface area contributed by atoms with Gasteiger partial charge < -0.3 is 10.1 Å². The van der Waals surface area contributed by atoms with Crippen molar-refractivity contribution in [3.63, 3.8) is 0 Å². The van der Waals surface area contributed by atoms with Crippen molar-refractivity contribution in [2.75, 3.05) is 6.61 Å². The van der Waals surface area contributed by atoms with Crippen molar-refractivity contribution in [2.24, 2.45) is 0 Å². The van der Waals surface area contributed by atoms with Gasteiger partial charge in [0, 0.05) is 18.3 Å². The van der Waals surface area contributed by atoms with Gasteiger partial charge in [-0.1, -0.05) is 18.2 Å². The van der Waals surface area contributed by atoms with Crippen LogP contribution in [-0.4, -0.2) is 28.7 Å². The summed E-state index contributed by atoms with van der Waals surface area (Å²) in [6, 6.07) is 9.27. The van der Waals surface area contributed by atoms with Gasteiger partial charge in [0.05, 0.1) is 11.9 Å². The molecule has 8 heteroatoms. The largest absolute Gasteiger partial charge is 0.440 e. The van der Waals surface area contributed by atoms with Gasteiger partial charge >= 0.3 is 12.3 Å². The summed E-state index contributed by atoms with van der Waals surface area (Å²) >= 11 is 0. The Bertz CT molecular complexity index is 596. The molecular weight excluding hydrogens is 287 g/mol. The highest BCUT2D eigenvalue weighted by Crippen LogP contribution is 2.14. The van der Waals surface area contributed by atoms with E-state index in [1.54, 1.807) is 10.9 Å². The third-order valence-corrected chi connectivity index (χ3v) is 2.46. The lowest BCUT2D eigenvalue weighted by atomic mass is 10.3. The van der Waals surface area contributed by atoms with Crippen molar-refractivity contribution in [2.45, 2.75) is 12.7 Å². The molecule has 2 aromatic rings. The molecule has 0 bridgehead atoms. The first-order chi connectivity index (χ1) is 9.94. The zero-order chi connectivity index (χ0) is 15.3. The minimum Gasteiger partial charge on any atom is -0.440 e. The third-order valence-electron chi connectivity index (χ3n) is 2.46. The van der Waals surface area contributed by atoms with E-state index < -0.39 is 18.9 Å². The lowest BCUT2D eigenvalue weighted by Crippen LogP contribution is -2.28. The Morgan fingerprint density at radius 1 is 1.29 bits per heavy atom. The highest BCUT2D eigenvalue weighted by molar-refractivity contribution is 5.67. The van der Waals surface area contributed by atoms with Gasteiger partial charge in [-0.05, 0) is 12.1 Å². The van der Waals surface area contributed by atoms with Crippen LogP contribution in [0.5, 0.6) is 0 Å². The molecule has 5 nitrogen and oxygen atoms in total. The molecule has 112 valence electrons. The fourth-order valence-corrected chi connectivity index (χ4v) is 1.55. The smallest absolute Gasteiger partial charge is 0.422 e. The number of carbonyl (C=O) groups is 1. The van der Waals surface area contributed by atoms with E-state index in [-0.39, 0.29) is 6.54 Å². The van der Waals surface area contributed by atoms with E-state index in [4.69, 9.17) is 0 Å².